The summed E-state index contributed by atoms with van der Waals surface area (Å²) in [5.74, 6) is 1.84. The molecule has 0 atom stereocenters. The van der Waals surface area contributed by atoms with Crippen LogP contribution in [0.2, 0.25) is 0 Å². The van der Waals surface area contributed by atoms with Crippen LogP contribution >= 0.6 is 11.3 Å². The Kier molecular flexibility index (Phi) is 7.98. The molecule has 0 aliphatic heterocycles. The van der Waals surface area contributed by atoms with Gasteiger partial charge in [0, 0.05) is 47.6 Å². The normalized spacial score (nSPS) is 11.9. The van der Waals surface area contributed by atoms with Crippen LogP contribution in [0.15, 0.2) is 205 Å². The van der Waals surface area contributed by atoms with Crippen LogP contribution in [0.25, 0.3) is 76.3 Å². The Bertz CT molecular complexity index is 3140. The maximum Gasteiger partial charge on any atom is 0.179 e. The Labute approximate surface area is 334 Å². The Hall–Kier alpha value is -6.99. The molecule has 57 heavy (non-hydrogen) atoms. The third-order valence-corrected chi connectivity index (χ3v) is 17.1. The molecule has 3 heterocycles. The van der Waals surface area contributed by atoms with Gasteiger partial charge in [-0.15, -0.1) is 11.3 Å². The number of rotatable bonds is 7. The number of benzene rings is 8. The Morgan fingerprint density at radius 2 is 0.789 bits per heavy atom. The van der Waals surface area contributed by atoms with Gasteiger partial charge >= 0.3 is 0 Å². The van der Waals surface area contributed by atoms with E-state index in [0.717, 1.165) is 38.6 Å². The summed E-state index contributed by atoms with van der Waals surface area (Å²) in [5.41, 5.74) is 4.40. The molecule has 0 saturated heterocycles. The van der Waals surface area contributed by atoms with Crippen molar-refractivity contribution in [3.05, 3.63) is 200 Å². The van der Waals surface area contributed by atoms with Crippen molar-refractivity contribution in [3.63, 3.8) is 0 Å². The molecule has 0 aliphatic carbocycles. The predicted molar refractivity (Wildman–Crippen MR) is 240 cm³/mol. The van der Waals surface area contributed by atoms with E-state index in [-0.39, 0.29) is 0 Å². The molecule has 0 unspecified atom stereocenters. The number of thiophene rings is 1. The fourth-order valence-electron chi connectivity index (χ4n) is 8.43. The zero-order chi connectivity index (χ0) is 37.8. The van der Waals surface area contributed by atoms with E-state index >= 15 is 0 Å². The molecule has 0 N–H and O–H groups in total. The topological polar surface area (TPSA) is 51.8 Å². The van der Waals surface area contributed by atoms with Gasteiger partial charge in [-0.1, -0.05) is 158 Å². The SMILES string of the molecule is c1ccc([Si](c2ccccc2)(c2ccccc2)c2ccc(-c3nc(-c4ccc5c(c4)oc4ccccc45)nc(-c4ccc5sc6ccccc6c5c4)n3)cc2)cc1. The molecule has 0 aliphatic rings. The smallest absolute Gasteiger partial charge is 0.179 e. The van der Waals surface area contributed by atoms with Crippen molar-refractivity contribution in [1.82, 2.24) is 15.0 Å². The molecule has 0 amide bonds. The molecule has 0 spiro atoms. The summed E-state index contributed by atoms with van der Waals surface area (Å²) in [6.07, 6.45) is 0. The van der Waals surface area contributed by atoms with Gasteiger partial charge in [0.2, 0.25) is 0 Å². The molecule has 4 nitrogen and oxygen atoms in total. The third kappa shape index (κ3) is 5.60. The second-order valence-corrected chi connectivity index (χ2v) is 19.2. The van der Waals surface area contributed by atoms with Gasteiger partial charge in [-0.3, -0.25) is 0 Å². The van der Waals surface area contributed by atoms with E-state index in [4.69, 9.17) is 19.4 Å². The molecule has 0 fully saturated rings. The van der Waals surface area contributed by atoms with Gasteiger partial charge in [0.1, 0.15) is 11.2 Å². The lowest BCUT2D eigenvalue weighted by molar-refractivity contribution is 0.669. The van der Waals surface area contributed by atoms with E-state index in [1.165, 1.54) is 40.9 Å². The third-order valence-electron chi connectivity index (χ3n) is 11.1. The summed E-state index contributed by atoms with van der Waals surface area (Å²) >= 11 is 1.81. The highest BCUT2D eigenvalue weighted by molar-refractivity contribution is 7.25. The fraction of sp³-hybridized carbons (Fsp3) is 0. The van der Waals surface area contributed by atoms with Gasteiger partial charge in [-0.2, -0.15) is 0 Å². The van der Waals surface area contributed by atoms with E-state index < -0.39 is 8.07 Å². The standard InChI is InChI=1S/C51H33N3OSSi/c1-4-14-37(15-5-1)57(38-16-6-2-7-17-38,39-18-8-3-9-19-39)40-28-24-34(25-29-40)49-52-50(35-27-31-48-44(32-35)43-21-11-13-23-47(43)56-48)54-51(53-49)36-26-30-42-41-20-10-12-22-45(41)55-46(42)33-36/h1-33H. The lowest BCUT2D eigenvalue weighted by Crippen LogP contribution is -2.74. The predicted octanol–water partition coefficient (Wildman–Crippen LogP) is 10.5. The monoisotopic (exact) mass is 763 g/mol. The van der Waals surface area contributed by atoms with Gasteiger partial charge in [0.05, 0.1) is 0 Å². The van der Waals surface area contributed by atoms with Gasteiger partial charge in [0.25, 0.3) is 0 Å². The Morgan fingerprint density at radius 3 is 1.44 bits per heavy atom. The Morgan fingerprint density at radius 1 is 0.333 bits per heavy atom. The summed E-state index contributed by atoms with van der Waals surface area (Å²) < 4.78 is 8.82. The van der Waals surface area contributed by atoms with Crippen molar-refractivity contribution < 1.29 is 4.42 Å². The van der Waals surface area contributed by atoms with Crippen molar-refractivity contribution in [2.45, 2.75) is 0 Å². The van der Waals surface area contributed by atoms with Crippen molar-refractivity contribution in [3.8, 4) is 34.2 Å². The summed E-state index contributed by atoms with van der Waals surface area (Å²) in [5, 5.41) is 9.88. The second kappa shape index (κ2) is 13.6. The first kappa shape index (κ1) is 33.4. The van der Waals surface area contributed by atoms with Gasteiger partial charge in [0.15, 0.2) is 25.5 Å². The van der Waals surface area contributed by atoms with E-state index in [9.17, 15) is 0 Å². The number of furan rings is 1. The summed E-state index contributed by atoms with van der Waals surface area (Å²) in [6.45, 7) is 0. The van der Waals surface area contributed by atoms with E-state index in [0.29, 0.717) is 17.5 Å². The average Bonchev–Trinajstić information content (AvgIpc) is 3.86. The fourth-order valence-corrected chi connectivity index (χ4v) is 14.3. The zero-order valence-corrected chi connectivity index (χ0v) is 32.5. The lowest BCUT2D eigenvalue weighted by atomic mass is 10.1. The minimum Gasteiger partial charge on any atom is -0.456 e. The molecular weight excluding hydrogens is 731 g/mol. The molecular formula is C51H33N3OSSi. The average molecular weight is 764 g/mol. The zero-order valence-electron chi connectivity index (χ0n) is 30.7. The van der Waals surface area contributed by atoms with E-state index in [2.05, 4.69) is 182 Å². The number of hydrogen-bond donors (Lipinski definition) is 0. The molecule has 0 bridgehead atoms. The summed E-state index contributed by atoms with van der Waals surface area (Å²) in [4.78, 5) is 15.5. The van der Waals surface area contributed by atoms with Gasteiger partial charge in [-0.25, -0.2) is 15.0 Å². The molecule has 3 aromatic heterocycles. The molecule has 11 rings (SSSR count). The summed E-state index contributed by atoms with van der Waals surface area (Å²) in [7, 11) is -2.70. The number of fused-ring (bicyclic) bond motifs is 6. The Balaban J connectivity index is 1.10. The minimum atomic E-state index is -2.70. The van der Waals surface area contributed by atoms with Crippen molar-refractivity contribution in [2.24, 2.45) is 0 Å². The molecule has 6 heteroatoms. The van der Waals surface area contributed by atoms with Crippen molar-refractivity contribution in [1.29, 1.82) is 0 Å². The molecule has 0 saturated carbocycles. The maximum absolute atomic E-state index is 6.31. The van der Waals surface area contributed by atoms with Crippen LogP contribution < -0.4 is 20.7 Å². The van der Waals surface area contributed by atoms with Crippen LogP contribution in [0.3, 0.4) is 0 Å². The highest BCUT2D eigenvalue weighted by Gasteiger charge is 2.41. The van der Waals surface area contributed by atoms with Crippen LogP contribution in [0.1, 0.15) is 0 Å². The van der Waals surface area contributed by atoms with Crippen LogP contribution in [0.4, 0.5) is 0 Å². The molecule has 11 aromatic rings. The van der Waals surface area contributed by atoms with Crippen LogP contribution in [-0.4, -0.2) is 23.0 Å². The largest absolute Gasteiger partial charge is 0.456 e. The van der Waals surface area contributed by atoms with Crippen LogP contribution in [-0.2, 0) is 0 Å². The van der Waals surface area contributed by atoms with Crippen molar-refractivity contribution in [2.75, 3.05) is 0 Å². The number of nitrogens with zero attached hydrogens (tertiary/aromatic N) is 3. The van der Waals surface area contributed by atoms with Crippen molar-refractivity contribution >= 4 is 82.3 Å². The molecule has 268 valence electrons. The van der Waals surface area contributed by atoms with Crippen LogP contribution in [0, 0.1) is 0 Å². The lowest BCUT2D eigenvalue weighted by Gasteiger charge is -2.34. The summed E-state index contributed by atoms with van der Waals surface area (Å²) in [6, 6.07) is 71.4. The highest BCUT2D eigenvalue weighted by Crippen LogP contribution is 2.37. The first-order valence-electron chi connectivity index (χ1n) is 19.1. The number of aromatic nitrogens is 3. The first-order chi connectivity index (χ1) is 28.2. The van der Waals surface area contributed by atoms with E-state index in [1.807, 2.05) is 18.2 Å². The quantitative estimate of drug-likeness (QED) is 0.120. The van der Waals surface area contributed by atoms with E-state index in [1.54, 1.807) is 11.3 Å². The van der Waals surface area contributed by atoms with Gasteiger partial charge in [-0.05, 0) is 63.2 Å². The minimum absolute atomic E-state index is 0.596. The molecule has 8 aromatic carbocycles. The van der Waals surface area contributed by atoms with Crippen LogP contribution in [0.5, 0.6) is 0 Å². The number of hydrogen-bond acceptors (Lipinski definition) is 5. The number of para-hydroxylation sites is 1. The second-order valence-electron chi connectivity index (χ2n) is 14.3. The first-order valence-corrected chi connectivity index (χ1v) is 21.9. The highest BCUT2D eigenvalue weighted by atomic mass is 32.1. The molecule has 0 radical (unpaired) electrons. The van der Waals surface area contributed by atoms with Gasteiger partial charge < -0.3 is 4.42 Å². The maximum atomic E-state index is 6.31.